The molecule has 0 saturated carbocycles. The van der Waals surface area contributed by atoms with Gasteiger partial charge in [-0.3, -0.25) is 0 Å². The van der Waals surface area contributed by atoms with Crippen LogP contribution in [0.1, 0.15) is 23.8 Å². The normalized spacial score (nSPS) is 16.6. The van der Waals surface area contributed by atoms with E-state index in [1.807, 2.05) is 11.3 Å². The third-order valence-corrected chi connectivity index (χ3v) is 4.06. The molecular formula is C12H20N2S. The van der Waals surface area contributed by atoms with Crippen LogP contribution in [0.5, 0.6) is 0 Å². The summed E-state index contributed by atoms with van der Waals surface area (Å²) in [6, 6.07) is 2.25. The summed E-state index contributed by atoms with van der Waals surface area (Å²) in [7, 11) is 0. The third kappa shape index (κ3) is 3.03. The van der Waals surface area contributed by atoms with Crippen LogP contribution in [0.2, 0.25) is 0 Å². The zero-order chi connectivity index (χ0) is 10.5. The molecule has 0 radical (unpaired) electrons. The Hall–Kier alpha value is -0.380. The molecule has 0 unspecified atom stereocenters. The van der Waals surface area contributed by atoms with Crippen LogP contribution in [0.3, 0.4) is 0 Å². The number of rotatable bonds is 6. The average Bonchev–Trinajstić information content (AvgIpc) is 2.62. The highest BCUT2D eigenvalue weighted by Crippen LogP contribution is 2.17. The Morgan fingerprint density at radius 1 is 1.53 bits per heavy atom. The van der Waals surface area contributed by atoms with E-state index in [0.717, 1.165) is 25.4 Å². The monoisotopic (exact) mass is 224 g/mol. The van der Waals surface area contributed by atoms with Crippen LogP contribution in [0.4, 0.5) is 0 Å². The highest BCUT2D eigenvalue weighted by atomic mass is 32.1. The quantitative estimate of drug-likeness (QED) is 0.722. The molecule has 2 heterocycles. The van der Waals surface area contributed by atoms with Crippen LogP contribution in [-0.4, -0.2) is 19.6 Å². The molecular weight excluding hydrogens is 204 g/mol. The van der Waals surface area contributed by atoms with E-state index in [9.17, 15) is 0 Å². The first-order valence-corrected chi connectivity index (χ1v) is 6.74. The van der Waals surface area contributed by atoms with Gasteiger partial charge in [-0.05, 0) is 55.4 Å². The maximum Gasteiger partial charge on any atom is 0.0302 e. The minimum Gasteiger partial charge on any atom is -0.316 e. The van der Waals surface area contributed by atoms with Crippen LogP contribution < -0.4 is 10.6 Å². The fourth-order valence-electron chi connectivity index (χ4n) is 1.90. The van der Waals surface area contributed by atoms with Gasteiger partial charge in [-0.15, -0.1) is 11.3 Å². The molecule has 3 heteroatoms. The van der Waals surface area contributed by atoms with E-state index in [1.165, 1.54) is 30.0 Å². The standard InChI is InChI=1S/C12H20N2S/c1-2-11-4-6-15-12(11)9-13-5-3-10-7-14-8-10/h4,6,10,13-14H,2-3,5,7-9H2,1H3. The van der Waals surface area contributed by atoms with Crippen LogP contribution >= 0.6 is 11.3 Å². The largest absolute Gasteiger partial charge is 0.316 e. The van der Waals surface area contributed by atoms with E-state index in [4.69, 9.17) is 0 Å². The van der Waals surface area contributed by atoms with Crippen LogP contribution in [0.25, 0.3) is 0 Å². The zero-order valence-electron chi connectivity index (χ0n) is 9.38. The lowest BCUT2D eigenvalue weighted by Crippen LogP contribution is -2.43. The Morgan fingerprint density at radius 2 is 2.40 bits per heavy atom. The van der Waals surface area contributed by atoms with Crippen molar-refractivity contribution in [1.82, 2.24) is 10.6 Å². The summed E-state index contributed by atoms with van der Waals surface area (Å²) >= 11 is 1.88. The summed E-state index contributed by atoms with van der Waals surface area (Å²) in [5.74, 6) is 0.923. The Morgan fingerprint density at radius 3 is 3.07 bits per heavy atom. The van der Waals surface area contributed by atoms with Crippen molar-refractivity contribution in [3.63, 3.8) is 0 Å². The SMILES string of the molecule is CCc1ccsc1CNCCC1CNC1. The second-order valence-corrected chi connectivity index (χ2v) is 5.21. The summed E-state index contributed by atoms with van der Waals surface area (Å²) in [5, 5.41) is 9.05. The predicted molar refractivity (Wildman–Crippen MR) is 66.4 cm³/mol. The van der Waals surface area contributed by atoms with Crippen molar-refractivity contribution in [2.75, 3.05) is 19.6 Å². The smallest absolute Gasteiger partial charge is 0.0302 e. The lowest BCUT2D eigenvalue weighted by molar-refractivity contribution is 0.322. The predicted octanol–water partition coefficient (Wildman–Crippen LogP) is 2.01. The number of nitrogens with one attached hydrogen (secondary N) is 2. The van der Waals surface area contributed by atoms with Gasteiger partial charge in [-0.25, -0.2) is 0 Å². The Labute approximate surface area is 96.1 Å². The van der Waals surface area contributed by atoms with Crippen molar-refractivity contribution in [2.24, 2.45) is 5.92 Å². The van der Waals surface area contributed by atoms with Gasteiger partial charge in [-0.1, -0.05) is 6.92 Å². The highest BCUT2D eigenvalue weighted by Gasteiger charge is 2.15. The molecule has 15 heavy (non-hydrogen) atoms. The fraction of sp³-hybridized carbons (Fsp3) is 0.667. The molecule has 1 aliphatic rings. The van der Waals surface area contributed by atoms with Gasteiger partial charge in [0, 0.05) is 11.4 Å². The third-order valence-electron chi connectivity index (χ3n) is 3.10. The molecule has 0 aliphatic carbocycles. The van der Waals surface area contributed by atoms with E-state index < -0.39 is 0 Å². The first-order chi connectivity index (χ1) is 7.40. The summed E-state index contributed by atoms with van der Waals surface area (Å²) < 4.78 is 0. The van der Waals surface area contributed by atoms with Crippen molar-refractivity contribution < 1.29 is 0 Å². The fourth-order valence-corrected chi connectivity index (χ4v) is 2.84. The van der Waals surface area contributed by atoms with Gasteiger partial charge in [0.05, 0.1) is 0 Å². The van der Waals surface area contributed by atoms with Crippen molar-refractivity contribution in [3.8, 4) is 0 Å². The summed E-state index contributed by atoms with van der Waals surface area (Å²) in [5.41, 5.74) is 1.51. The maximum atomic E-state index is 3.54. The lowest BCUT2D eigenvalue weighted by Gasteiger charge is -2.26. The second-order valence-electron chi connectivity index (χ2n) is 4.21. The molecule has 2 rings (SSSR count). The molecule has 1 aromatic rings. The number of thiophene rings is 1. The molecule has 0 atom stereocenters. The van der Waals surface area contributed by atoms with Gasteiger partial charge < -0.3 is 10.6 Å². The van der Waals surface area contributed by atoms with Crippen molar-refractivity contribution in [3.05, 3.63) is 21.9 Å². The molecule has 0 aromatic carbocycles. The molecule has 0 bridgehead atoms. The second kappa shape index (κ2) is 5.64. The first kappa shape index (κ1) is 11.1. The molecule has 1 aliphatic heterocycles. The van der Waals surface area contributed by atoms with Gasteiger partial charge in [0.15, 0.2) is 0 Å². The van der Waals surface area contributed by atoms with Gasteiger partial charge >= 0.3 is 0 Å². The molecule has 0 spiro atoms. The maximum absolute atomic E-state index is 3.54. The lowest BCUT2D eigenvalue weighted by atomic mass is 10.00. The highest BCUT2D eigenvalue weighted by molar-refractivity contribution is 7.10. The Bertz CT molecular complexity index is 292. The zero-order valence-corrected chi connectivity index (χ0v) is 10.2. The van der Waals surface area contributed by atoms with Gasteiger partial charge in [0.2, 0.25) is 0 Å². The van der Waals surface area contributed by atoms with E-state index in [1.54, 1.807) is 0 Å². The van der Waals surface area contributed by atoms with Gasteiger partial charge in [-0.2, -0.15) is 0 Å². The molecule has 1 aromatic heterocycles. The Balaban J connectivity index is 1.64. The van der Waals surface area contributed by atoms with Crippen molar-refractivity contribution in [2.45, 2.75) is 26.3 Å². The molecule has 1 saturated heterocycles. The molecule has 2 N–H and O–H groups in total. The number of aryl methyl sites for hydroxylation is 1. The first-order valence-electron chi connectivity index (χ1n) is 5.87. The van der Waals surface area contributed by atoms with Crippen LogP contribution in [0.15, 0.2) is 11.4 Å². The molecule has 1 fully saturated rings. The average molecular weight is 224 g/mol. The van der Waals surface area contributed by atoms with E-state index in [0.29, 0.717) is 0 Å². The van der Waals surface area contributed by atoms with E-state index in [2.05, 4.69) is 29.0 Å². The van der Waals surface area contributed by atoms with Crippen molar-refractivity contribution in [1.29, 1.82) is 0 Å². The minimum absolute atomic E-state index is 0.923. The number of hydrogen-bond acceptors (Lipinski definition) is 3. The van der Waals surface area contributed by atoms with Gasteiger partial charge in [0.25, 0.3) is 0 Å². The minimum atomic E-state index is 0.923. The Kier molecular flexibility index (Phi) is 4.18. The summed E-state index contributed by atoms with van der Waals surface area (Å²) in [4.78, 5) is 1.52. The molecule has 84 valence electrons. The van der Waals surface area contributed by atoms with E-state index >= 15 is 0 Å². The van der Waals surface area contributed by atoms with Crippen LogP contribution in [-0.2, 0) is 13.0 Å². The van der Waals surface area contributed by atoms with Gasteiger partial charge in [0.1, 0.15) is 0 Å². The molecule has 0 amide bonds. The summed E-state index contributed by atoms with van der Waals surface area (Å²) in [6.45, 7) is 6.89. The molecule has 2 nitrogen and oxygen atoms in total. The van der Waals surface area contributed by atoms with Crippen LogP contribution in [0, 0.1) is 5.92 Å². The summed E-state index contributed by atoms with van der Waals surface area (Å²) in [6.07, 6.45) is 2.48. The number of hydrogen-bond donors (Lipinski definition) is 2. The van der Waals surface area contributed by atoms with Crippen molar-refractivity contribution >= 4 is 11.3 Å². The topological polar surface area (TPSA) is 24.1 Å². The van der Waals surface area contributed by atoms with E-state index in [-0.39, 0.29) is 0 Å².